The number of halogens is 1. The highest BCUT2D eigenvalue weighted by Gasteiger charge is 2.16. The maximum Gasteiger partial charge on any atom is 0.254 e. The van der Waals surface area contributed by atoms with Crippen LogP contribution in [0.1, 0.15) is 31.1 Å². The standard InChI is InChI=1S/C12H19ClN4O/c1-4-17(7-8(2)3)12(18)9-5-10(13)15-11(6-9)16-14/h5-6,8H,4,7,14H2,1-3H3,(H,15,16). The van der Waals surface area contributed by atoms with E-state index in [1.165, 1.54) is 0 Å². The number of amides is 1. The minimum absolute atomic E-state index is 0.0630. The van der Waals surface area contributed by atoms with E-state index in [1.54, 1.807) is 17.0 Å². The summed E-state index contributed by atoms with van der Waals surface area (Å²) in [7, 11) is 0. The highest BCUT2D eigenvalue weighted by molar-refractivity contribution is 6.29. The van der Waals surface area contributed by atoms with Gasteiger partial charge in [-0.3, -0.25) is 4.79 Å². The molecule has 5 nitrogen and oxygen atoms in total. The summed E-state index contributed by atoms with van der Waals surface area (Å²) in [5, 5.41) is 0.245. The van der Waals surface area contributed by atoms with Crippen LogP contribution < -0.4 is 11.3 Å². The van der Waals surface area contributed by atoms with E-state index in [-0.39, 0.29) is 11.1 Å². The molecule has 0 radical (unpaired) electrons. The van der Waals surface area contributed by atoms with E-state index in [0.717, 1.165) is 0 Å². The monoisotopic (exact) mass is 270 g/mol. The number of rotatable bonds is 5. The SMILES string of the molecule is CCN(CC(C)C)C(=O)c1cc(Cl)nc(NN)c1. The number of aromatic nitrogens is 1. The van der Waals surface area contributed by atoms with Gasteiger partial charge in [-0.15, -0.1) is 0 Å². The van der Waals surface area contributed by atoms with Crippen LogP contribution in [-0.2, 0) is 0 Å². The third kappa shape index (κ3) is 3.85. The third-order valence-corrected chi connectivity index (χ3v) is 2.64. The van der Waals surface area contributed by atoms with E-state index in [4.69, 9.17) is 17.4 Å². The van der Waals surface area contributed by atoms with Crippen LogP contribution in [-0.4, -0.2) is 28.9 Å². The second-order valence-corrected chi connectivity index (χ2v) is 4.83. The van der Waals surface area contributed by atoms with E-state index in [9.17, 15) is 4.79 Å². The second-order valence-electron chi connectivity index (χ2n) is 4.45. The number of pyridine rings is 1. The molecule has 6 heteroatoms. The van der Waals surface area contributed by atoms with Crippen molar-refractivity contribution in [2.24, 2.45) is 11.8 Å². The molecule has 0 saturated heterocycles. The molecule has 0 aliphatic heterocycles. The molecule has 1 aromatic heterocycles. The molecule has 0 saturated carbocycles. The first-order valence-electron chi connectivity index (χ1n) is 5.91. The zero-order chi connectivity index (χ0) is 13.7. The van der Waals surface area contributed by atoms with Crippen LogP contribution in [0.5, 0.6) is 0 Å². The van der Waals surface area contributed by atoms with Crippen LogP contribution in [0.25, 0.3) is 0 Å². The van der Waals surface area contributed by atoms with E-state index in [0.29, 0.717) is 30.4 Å². The van der Waals surface area contributed by atoms with Crippen molar-refractivity contribution in [2.45, 2.75) is 20.8 Å². The molecule has 0 bridgehead atoms. The summed E-state index contributed by atoms with van der Waals surface area (Å²) in [6.07, 6.45) is 0. The van der Waals surface area contributed by atoms with Crippen molar-refractivity contribution in [3.63, 3.8) is 0 Å². The topological polar surface area (TPSA) is 71.2 Å². The van der Waals surface area contributed by atoms with Gasteiger partial charge in [0.1, 0.15) is 11.0 Å². The molecule has 1 amide bonds. The number of hydrazine groups is 1. The molecule has 0 aliphatic rings. The van der Waals surface area contributed by atoms with Gasteiger partial charge in [-0.25, -0.2) is 10.8 Å². The molecule has 0 unspecified atom stereocenters. The lowest BCUT2D eigenvalue weighted by Crippen LogP contribution is -2.34. The Hall–Kier alpha value is -1.33. The lowest BCUT2D eigenvalue weighted by molar-refractivity contribution is 0.0745. The molecule has 0 fully saturated rings. The van der Waals surface area contributed by atoms with Crippen molar-refractivity contribution in [3.05, 3.63) is 22.8 Å². The van der Waals surface area contributed by atoms with Crippen LogP contribution in [0.2, 0.25) is 5.15 Å². The number of anilines is 1. The third-order valence-electron chi connectivity index (χ3n) is 2.44. The molecule has 100 valence electrons. The predicted octanol–water partition coefficient (Wildman–Crippen LogP) is 2.14. The van der Waals surface area contributed by atoms with Gasteiger partial charge in [-0.1, -0.05) is 25.4 Å². The average Bonchev–Trinajstić information content (AvgIpc) is 2.34. The first kappa shape index (κ1) is 14.7. The summed E-state index contributed by atoms with van der Waals surface area (Å²) in [5.74, 6) is 6.01. The van der Waals surface area contributed by atoms with Gasteiger partial charge in [0.2, 0.25) is 0 Å². The minimum atomic E-state index is -0.0630. The van der Waals surface area contributed by atoms with Crippen molar-refractivity contribution in [1.82, 2.24) is 9.88 Å². The number of nitrogen functional groups attached to an aromatic ring is 1. The zero-order valence-electron chi connectivity index (χ0n) is 10.9. The summed E-state index contributed by atoms with van der Waals surface area (Å²) >= 11 is 5.85. The molecule has 0 aromatic carbocycles. The van der Waals surface area contributed by atoms with E-state index in [2.05, 4.69) is 24.3 Å². The van der Waals surface area contributed by atoms with Gasteiger partial charge in [-0.2, -0.15) is 0 Å². The van der Waals surface area contributed by atoms with E-state index < -0.39 is 0 Å². The number of nitrogens with two attached hydrogens (primary N) is 1. The van der Waals surface area contributed by atoms with Crippen LogP contribution in [0, 0.1) is 5.92 Å². The van der Waals surface area contributed by atoms with Crippen molar-refractivity contribution < 1.29 is 4.79 Å². The van der Waals surface area contributed by atoms with Crippen molar-refractivity contribution in [2.75, 3.05) is 18.5 Å². The van der Waals surface area contributed by atoms with Gasteiger partial charge in [0.15, 0.2) is 0 Å². The number of hydrogen-bond donors (Lipinski definition) is 2. The molecular formula is C12H19ClN4O. The second kappa shape index (κ2) is 6.56. The van der Waals surface area contributed by atoms with Crippen LogP contribution in [0.15, 0.2) is 12.1 Å². The Bertz CT molecular complexity index is 423. The fraction of sp³-hybridized carbons (Fsp3) is 0.500. The lowest BCUT2D eigenvalue weighted by Gasteiger charge is -2.23. The number of carbonyl (C=O) groups is 1. The van der Waals surface area contributed by atoms with Crippen LogP contribution >= 0.6 is 11.6 Å². The number of nitrogens with zero attached hydrogens (tertiary/aromatic N) is 2. The number of hydrogen-bond acceptors (Lipinski definition) is 4. The van der Waals surface area contributed by atoms with Crippen molar-refractivity contribution in [3.8, 4) is 0 Å². The first-order chi connectivity index (χ1) is 8.47. The Morgan fingerprint density at radius 2 is 2.22 bits per heavy atom. The Labute approximate surface area is 112 Å². The smallest absolute Gasteiger partial charge is 0.254 e. The maximum atomic E-state index is 12.3. The van der Waals surface area contributed by atoms with Crippen molar-refractivity contribution >= 4 is 23.3 Å². The Morgan fingerprint density at radius 3 is 2.72 bits per heavy atom. The van der Waals surface area contributed by atoms with Crippen molar-refractivity contribution in [1.29, 1.82) is 0 Å². The van der Waals surface area contributed by atoms with Gasteiger partial charge in [0.05, 0.1) is 0 Å². The summed E-state index contributed by atoms with van der Waals surface area (Å²) in [6, 6.07) is 3.14. The minimum Gasteiger partial charge on any atom is -0.339 e. The van der Waals surface area contributed by atoms with Crippen LogP contribution in [0.4, 0.5) is 5.82 Å². The molecule has 0 spiro atoms. The highest BCUT2D eigenvalue weighted by Crippen LogP contribution is 2.16. The van der Waals surface area contributed by atoms with Crippen LogP contribution in [0.3, 0.4) is 0 Å². The lowest BCUT2D eigenvalue weighted by atomic mass is 10.1. The van der Waals surface area contributed by atoms with Gasteiger partial charge in [0.25, 0.3) is 5.91 Å². The zero-order valence-corrected chi connectivity index (χ0v) is 11.7. The summed E-state index contributed by atoms with van der Waals surface area (Å²) in [5.41, 5.74) is 2.89. The molecule has 1 rings (SSSR count). The molecule has 3 N–H and O–H groups in total. The maximum absolute atomic E-state index is 12.3. The Kier molecular flexibility index (Phi) is 5.37. The molecule has 0 atom stereocenters. The van der Waals surface area contributed by atoms with E-state index in [1.807, 2.05) is 6.92 Å². The first-order valence-corrected chi connectivity index (χ1v) is 6.29. The largest absolute Gasteiger partial charge is 0.339 e. The van der Waals surface area contributed by atoms with Gasteiger partial charge < -0.3 is 10.3 Å². The Morgan fingerprint density at radius 1 is 1.56 bits per heavy atom. The van der Waals surface area contributed by atoms with Gasteiger partial charge in [-0.05, 0) is 25.0 Å². The predicted molar refractivity (Wildman–Crippen MR) is 73.5 cm³/mol. The molecule has 18 heavy (non-hydrogen) atoms. The average molecular weight is 271 g/mol. The summed E-state index contributed by atoms with van der Waals surface area (Å²) in [6.45, 7) is 7.46. The van der Waals surface area contributed by atoms with Gasteiger partial charge >= 0.3 is 0 Å². The normalized spacial score (nSPS) is 10.6. The molecule has 0 aliphatic carbocycles. The summed E-state index contributed by atoms with van der Waals surface area (Å²) in [4.78, 5) is 18.0. The molecular weight excluding hydrogens is 252 g/mol. The highest BCUT2D eigenvalue weighted by atomic mass is 35.5. The number of nitrogens with one attached hydrogen (secondary N) is 1. The molecule has 1 heterocycles. The fourth-order valence-corrected chi connectivity index (χ4v) is 1.88. The summed E-state index contributed by atoms with van der Waals surface area (Å²) < 4.78 is 0. The quantitative estimate of drug-likeness (QED) is 0.489. The van der Waals surface area contributed by atoms with Gasteiger partial charge in [0, 0.05) is 18.7 Å². The molecule has 1 aromatic rings. The fourth-order valence-electron chi connectivity index (χ4n) is 1.67. The van der Waals surface area contributed by atoms with E-state index >= 15 is 0 Å². The Balaban J connectivity index is 2.97. The number of carbonyl (C=O) groups excluding carboxylic acids is 1.